The molecule has 4 aromatic rings. The van der Waals surface area contributed by atoms with E-state index >= 15 is 0 Å². The molecule has 0 aliphatic heterocycles. The molecule has 0 saturated heterocycles. The van der Waals surface area contributed by atoms with E-state index in [1.54, 1.807) is 4.68 Å². The lowest BCUT2D eigenvalue weighted by Crippen LogP contribution is -2.12. The van der Waals surface area contributed by atoms with Gasteiger partial charge in [0.15, 0.2) is 11.5 Å². The molecule has 0 spiro atoms. The lowest BCUT2D eigenvalue weighted by atomic mass is 10.2. The van der Waals surface area contributed by atoms with Gasteiger partial charge >= 0.3 is 5.88 Å². The number of hydrogen-bond donors (Lipinski definition) is 0. The highest BCUT2D eigenvalue weighted by Gasteiger charge is 2.14. The summed E-state index contributed by atoms with van der Waals surface area (Å²) in [4.78, 5) is 15.3. The van der Waals surface area contributed by atoms with Crippen molar-refractivity contribution in [2.75, 3.05) is 6.54 Å². The predicted octanol–water partition coefficient (Wildman–Crippen LogP) is 4.27. The average Bonchev–Trinajstić information content (AvgIpc) is 3.38. The minimum absolute atomic E-state index is 0.276. The van der Waals surface area contributed by atoms with Gasteiger partial charge in [-0.3, -0.25) is 15.1 Å². The molecule has 4 rings (SSSR count). The Kier molecular flexibility index (Phi) is 4.43. The Morgan fingerprint density at radius 3 is 2.85 bits per heavy atom. The molecular weight excluding hydrogens is 368 g/mol. The molecule has 8 nitrogen and oxygen atoms in total. The molecule has 3 heterocycles. The summed E-state index contributed by atoms with van der Waals surface area (Å²) in [5.41, 5.74) is 1.52. The maximum Gasteiger partial charge on any atom is 0.433 e. The summed E-state index contributed by atoms with van der Waals surface area (Å²) in [6.07, 6.45) is 1.42. The molecular formula is C18H14N4O4S. The SMILES string of the molecule is CCN=c1scc(-c2cc3ccccc3o2)n1N=Cc1ccc([N+](=O)[O-])o1. The van der Waals surface area contributed by atoms with Crippen molar-refractivity contribution in [2.24, 2.45) is 10.1 Å². The van der Waals surface area contributed by atoms with Crippen molar-refractivity contribution in [1.29, 1.82) is 0 Å². The molecule has 0 atom stereocenters. The van der Waals surface area contributed by atoms with Gasteiger partial charge in [-0.15, -0.1) is 11.3 Å². The van der Waals surface area contributed by atoms with Gasteiger partial charge in [0.25, 0.3) is 0 Å². The number of furan rings is 2. The smallest absolute Gasteiger partial charge is 0.433 e. The summed E-state index contributed by atoms with van der Waals surface area (Å²) >= 11 is 1.43. The molecule has 27 heavy (non-hydrogen) atoms. The number of hydrogen-bond acceptors (Lipinski definition) is 7. The Morgan fingerprint density at radius 1 is 1.26 bits per heavy atom. The summed E-state index contributed by atoms with van der Waals surface area (Å²) in [7, 11) is 0. The predicted molar refractivity (Wildman–Crippen MR) is 102 cm³/mol. The maximum absolute atomic E-state index is 10.7. The molecule has 0 unspecified atom stereocenters. The molecule has 0 bridgehead atoms. The molecule has 1 aromatic carbocycles. The third-order valence-corrected chi connectivity index (χ3v) is 4.60. The zero-order valence-corrected chi connectivity index (χ0v) is 15.0. The number of rotatable bonds is 5. The molecule has 0 radical (unpaired) electrons. The molecule has 3 aromatic heterocycles. The van der Waals surface area contributed by atoms with E-state index < -0.39 is 4.92 Å². The van der Waals surface area contributed by atoms with Crippen LogP contribution in [0.15, 0.2) is 66.8 Å². The molecule has 9 heteroatoms. The Balaban J connectivity index is 1.78. The maximum atomic E-state index is 10.7. The van der Waals surface area contributed by atoms with Crippen LogP contribution >= 0.6 is 11.3 Å². The first-order valence-corrected chi connectivity index (χ1v) is 9.02. The van der Waals surface area contributed by atoms with Crippen LogP contribution in [0.2, 0.25) is 0 Å². The van der Waals surface area contributed by atoms with Crippen molar-refractivity contribution in [3.05, 3.63) is 68.5 Å². The largest absolute Gasteiger partial charge is 0.454 e. The zero-order valence-electron chi connectivity index (χ0n) is 14.2. The van der Waals surface area contributed by atoms with Crippen LogP contribution in [-0.2, 0) is 0 Å². The van der Waals surface area contributed by atoms with E-state index in [1.807, 2.05) is 42.6 Å². The van der Waals surface area contributed by atoms with Crippen LogP contribution in [0.5, 0.6) is 0 Å². The fourth-order valence-electron chi connectivity index (χ4n) is 2.56. The normalized spacial score (nSPS) is 12.4. The van der Waals surface area contributed by atoms with Crippen LogP contribution in [0.3, 0.4) is 0 Å². The quantitative estimate of drug-likeness (QED) is 0.292. The number of nitrogens with zero attached hydrogens (tertiary/aromatic N) is 4. The van der Waals surface area contributed by atoms with E-state index in [0.717, 1.165) is 16.7 Å². The van der Waals surface area contributed by atoms with Gasteiger partial charge in [0.2, 0.25) is 4.80 Å². The van der Waals surface area contributed by atoms with E-state index in [1.165, 1.54) is 29.7 Å². The molecule has 136 valence electrons. The van der Waals surface area contributed by atoms with Gasteiger partial charge in [-0.1, -0.05) is 18.2 Å². The van der Waals surface area contributed by atoms with E-state index in [0.29, 0.717) is 17.1 Å². The second-order valence-corrected chi connectivity index (χ2v) is 6.35. The van der Waals surface area contributed by atoms with Crippen LogP contribution in [0.4, 0.5) is 5.88 Å². The number of nitro groups is 1. The van der Waals surface area contributed by atoms with Gasteiger partial charge in [0.05, 0.1) is 12.3 Å². The minimum atomic E-state index is -0.591. The first kappa shape index (κ1) is 17.0. The van der Waals surface area contributed by atoms with Crippen LogP contribution in [0.1, 0.15) is 12.7 Å². The summed E-state index contributed by atoms with van der Waals surface area (Å²) in [6.45, 7) is 2.53. The highest BCUT2D eigenvalue weighted by atomic mass is 32.1. The molecule has 0 saturated carbocycles. The van der Waals surface area contributed by atoms with Crippen molar-refractivity contribution in [3.8, 4) is 11.5 Å². The Morgan fingerprint density at radius 2 is 2.11 bits per heavy atom. The van der Waals surface area contributed by atoms with E-state index in [4.69, 9.17) is 8.83 Å². The van der Waals surface area contributed by atoms with Gasteiger partial charge in [0, 0.05) is 17.3 Å². The highest BCUT2D eigenvalue weighted by molar-refractivity contribution is 7.07. The molecule has 0 amide bonds. The van der Waals surface area contributed by atoms with Gasteiger partial charge in [-0.2, -0.15) is 5.10 Å². The third kappa shape index (κ3) is 3.32. The molecule has 0 fully saturated rings. The monoisotopic (exact) mass is 382 g/mol. The Labute approximate surface area is 156 Å². The fraction of sp³-hybridized carbons (Fsp3) is 0.111. The minimum Gasteiger partial charge on any atom is -0.454 e. The zero-order chi connectivity index (χ0) is 18.8. The van der Waals surface area contributed by atoms with Crippen LogP contribution in [0, 0.1) is 10.1 Å². The molecule has 0 aliphatic carbocycles. The van der Waals surface area contributed by atoms with Gasteiger partial charge < -0.3 is 8.83 Å². The third-order valence-electron chi connectivity index (χ3n) is 3.75. The van der Waals surface area contributed by atoms with Gasteiger partial charge in [0.1, 0.15) is 16.2 Å². The number of fused-ring (bicyclic) bond motifs is 1. The topological polar surface area (TPSA) is 99.1 Å². The van der Waals surface area contributed by atoms with Gasteiger partial charge in [-0.05, 0) is 25.1 Å². The Hall–Kier alpha value is -3.46. The van der Waals surface area contributed by atoms with E-state index in [2.05, 4.69) is 10.1 Å². The lowest BCUT2D eigenvalue weighted by molar-refractivity contribution is -0.402. The Bertz CT molecular complexity index is 1180. The van der Waals surface area contributed by atoms with E-state index in [9.17, 15) is 10.1 Å². The fourth-order valence-corrected chi connectivity index (χ4v) is 3.44. The number of aromatic nitrogens is 1. The van der Waals surface area contributed by atoms with Crippen molar-refractivity contribution >= 4 is 34.4 Å². The van der Waals surface area contributed by atoms with Crippen LogP contribution in [-0.4, -0.2) is 22.4 Å². The highest BCUT2D eigenvalue weighted by Crippen LogP contribution is 2.28. The summed E-state index contributed by atoms with van der Waals surface area (Å²) in [5.74, 6) is 0.605. The summed E-state index contributed by atoms with van der Waals surface area (Å²) < 4.78 is 12.7. The summed E-state index contributed by atoms with van der Waals surface area (Å²) in [6, 6.07) is 12.5. The number of benzene rings is 1. The number of thiazole rings is 1. The lowest BCUT2D eigenvalue weighted by Gasteiger charge is -1.99. The van der Waals surface area contributed by atoms with Crippen molar-refractivity contribution in [1.82, 2.24) is 4.68 Å². The first-order valence-electron chi connectivity index (χ1n) is 8.14. The van der Waals surface area contributed by atoms with Crippen LogP contribution in [0.25, 0.3) is 22.4 Å². The first-order chi connectivity index (χ1) is 13.2. The van der Waals surface area contributed by atoms with Crippen molar-refractivity contribution in [3.63, 3.8) is 0 Å². The number of para-hydroxylation sites is 1. The average molecular weight is 382 g/mol. The molecule has 0 aliphatic rings. The van der Waals surface area contributed by atoms with Crippen LogP contribution < -0.4 is 4.80 Å². The standard InChI is InChI=1S/C18H14N4O4S/c1-2-19-18-21(20-10-13-7-8-17(25-13)22(23)24)14(11-27-18)16-9-12-5-3-4-6-15(12)26-16/h3-11H,2H2,1H3. The summed E-state index contributed by atoms with van der Waals surface area (Å²) in [5, 5.41) is 18.1. The van der Waals surface area contributed by atoms with Crippen molar-refractivity contribution in [2.45, 2.75) is 6.92 Å². The second kappa shape index (κ2) is 7.04. The van der Waals surface area contributed by atoms with Crippen molar-refractivity contribution < 1.29 is 13.8 Å². The van der Waals surface area contributed by atoms with E-state index in [-0.39, 0.29) is 11.6 Å². The second-order valence-electron chi connectivity index (χ2n) is 5.52. The molecule has 0 N–H and O–H groups in total. The van der Waals surface area contributed by atoms with Gasteiger partial charge in [-0.25, -0.2) is 4.68 Å².